The van der Waals surface area contributed by atoms with Crippen LogP contribution < -0.4 is 0 Å². The molecule has 0 bridgehead atoms. The van der Waals surface area contributed by atoms with Gasteiger partial charge in [0.05, 0.1) is 26.4 Å². The molecule has 0 aliphatic rings. The van der Waals surface area contributed by atoms with E-state index < -0.39 is 97.5 Å². The Hall–Kier alpha value is -5.32. The third kappa shape index (κ3) is 74.9. The first-order chi connectivity index (χ1) is 50.7. The minimum absolute atomic E-state index is 0.0285. The molecular weight excluding hydrogens is 1350 g/mol. The quantitative estimate of drug-likeness (QED) is 0.0169. The molecule has 17 nitrogen and oxygen atoms in total. The zero-order chi connectivity index (χ0) is 76.0. The van der Waals surface area contributed by atoms with Gasteiger partial charge in [-0.3, -0.25) is 37.3 Å². The number of carbonyl (C=O) groups excluding carboxylic acids is 4. The smallest absolute Gasteiger partial charge is 0.462 e. The summed E-state index contributed by atoms with van der Waals surface area (Å²) in [6, 6.07) is 0. The number of ether oxygens (including phenoxy) is 4. The van der Waals surface area contributed by atoms with Gasteiger partial charge in [0, 0.05) is 25.7 Å². The number of allylic oxidation sites excluding steroid dienone is 26. The molecule has 0 fully saturated rings. The molecule has 5 atom stereocenters. The van der Waals surface area contributed by atoms with Gasteiger partial charge in [0.1, 0.15) is 19.3 Å². The highest BCUT2D eigenvalue weighted by Crippen LogP contribution is 2.45. The molecule has 0 aromatic heterocycles. The van der Waals surface area contributed by atoms with Crippen LogP contribution in [0.3, 0.4) is 0 Å². The van der Waals surface area contributed by atoms with E-state index in [2.05, 4.69) is 167 Å². The third-order valence-electron chi connectivity index (χ3n) is 16.0. The third-order valence-corrected chi connectivity index (χ3v) is 17.9. The van der Waals surface area contributed by atoms with E-state index in [1.165, 1.54) is 19.3 Å². The lowest BCUT2D eigenvalue weighted by atomic mass is 10.1. The summed E-state index contributed by atoms with van der Waals surface area (Å²) in [5.41, 5.74) is 0. The van der Waals surface area contributed by atoms with E-state index in [0.717, 1.165) is 193 Å². The van der Waals surface area contributed by atoms with E-state index in [-0.39, 0.29) is 25.7 Å². The normalized spacial score (nSPS) is 14.7. The number of phosphoric ester groups is 2. The lowest BCUT2D eigenvalue weighted by molar-refractivity contribution is -0.161. The topological polar surface area (TPSA) is 237 Å². The number of rotatable bonds is 73. The van der Waals surface area contributed by atoms with E-state index in [0.29, 0.717) is 32.1 Å². The Morgan fingerprint density at radius 1 is 0.279 bits per heavy atom. The molecule has 0 rings (SSSR count). The highest BCUT2D eigenvalue weighted by Gasteiger charge is 2.30. The van der Waals surface area contributed by atoms with Crippen molar-refractivity contribution >= 4 is 39.5 Å². The number of carbonyl (C=O) groups is 4. The molecule has 0 amide bonds. The van der Waals surface area contributed by atoms with Crippen LogP contribution in [0.25, 0.3) is 0 Å². The first kappa shape index (κ1) is 98.7. The number of aliphatic hydroxyl groups excluding tert-OH is 1. The van der Waals surface area contributed by atoms with Crippen molar-refractivity contribution in [2.45, 2.75) is 316 Å². The summed E-state index contributed by atoms with van der Waals surface area (Å²) in [6.07, 6.45) is 88.1. The molecule has 0 saturated carbocycles. The Morgan fingerprint density at radius 3 is 0.865 bits per heavy atom. The van der Waals surface area contributed by atoms with Gasteiger partial charge in [0.15, 0.2) is 12.2 Å². The highest BCUT2D eigenvalue weighted by molar-refractivity contribution is 7.47. The van der Waals surface area contributed by atoms with Crippen LogP contribution in [-0.4, -0.2) is 96.7 Å². The molecule has 0 aliphatic heterocycles. The Balaban J connectivity index is 5.46. The summed E-state index contributed by atoms with van der Waals surface area (Å²) in [5, 5.41) is 10.6. The molecule has 19 heteroatoms. The molecule has 3 N–H and O–H groups in total. The van der Waals surface area contributed by atoms with Crippen LogP contribution in [0.5, 0.6) is 0 Å². The number of unbranched alkanes of at least 4 members (excludes halogenated alkanes) is 21. The molecule has 0 heterocycles. The van der Waals surface area contributed by atoms with Gasteiger partial charge in [-0.25, -0.2) is 9.13 Å². The standard InChI is InChI=1S/C85H140O17P2/c1-5-9-13-17-21-25-29-33-36-38-39-41-43-47-50-54-58-62-66-70-83(88)96-76-81(102-85(90)72-68-64-60-56-52-48-44-40-37-34-30-26-22-18-14-10-6-2)78-100-104(93,94)98-74-79(86)73-97-103(91,92)99-77-80(101-84(89)71-67-63-59-55-51-45-32-28-24-20-16-12-8-4)75-95-82(87)69-65-61-57-53-49-46-42-35-31-27-23-19-15-11-7-3/h9-10,13-14,16,20-23,25-28,32-37,39,41-42,47,50,58,62,79-81,86H,5-8,11-12,15,17-19,24,29-31,38,40,43-46,48-49,51-57,59-61,63-78H2,1-4H3,(H,91,92)(H,93,94)/b13-9-,14-10-,20-16-,25-21-,26-22-,27-23-,32-28-,36-33-,37-34-,41-39-,42-35-,50-47-,62-58-. The molecule has 0 saturated heterocycles. The fourth-order valence-electron chi connectivity index (χ4n) is 9.97. The number of aliphatic hydroxyl groups is 1. The molecular formula is C85H140O17P2. The van der Waals surface area contributed by atoms with E-state index in [1.54, 1.807) is 0 Å². The molecule has 0 aromatic carbocycles. The maximum Gasteiger partial charge on any atom is 0.472 e. The summed E-state index contributed by atoms with van der Waals surface area (Å²) in [4.78, 5) is 73.0. The van der Waals surface area contributed by atoms with E-state index in [1.807, 2.05) is 18.2 Å². The van der Waals surface area contributed by atoms with Crippen molar-refractivity contribution in [2.24, 2.45) is 0 Å². The fourth-order valence-corrected chi connectivity index (χ4v) is 11.6. The molecule has 5 unspecified atom stereocenters. The lowest BCUT2D eigenvalue weighted by Crippen LogP contribution is -2.30. The van der Waals surface area contributed by atoms with Crippen LogP contribution in [0, 0.1) is 0 Å². The second-order valence-electron chi connectivity index (χ2n) is 25.9. The number of esters is 4. The van der Waals surface area contributed by atoms with Crippen molar-refractivity contribution in [3.63, 3.8) is 0 Å². The van der Waals surface area contributed by atoms with Gasteiger partial charge >= 0.3 is 39.5 Å². The first-order valence-electron chi connectivity index (χ1n) is 39.7. The van der Waals surface area contributed by atoms with Gasteiger partial charge in [0.2, 0.25) is 0 Å². The second-order valence-corrected chi connectivity index (χ2v) is 28.8. The maximum absolute atomic E-state index is 13.1. The highest BCUT2D eigenvalue weighted by atomic mass is 31.2. The summed E-state index contributed by atoms with van der Waals surface area (Å²) < 4.78 is 68.5. The summed E-state index contributed by atoms with van der Waals surface area (Å²) in [7, 11) is -10.00. The zero-order valence-corrected chi connectivity index (χ0v) is 66.4. The summed E-state index contributed by atoms with van der Waals surface area (Å²) >= 11 is 0. The monoisotopic (exact) mass is 1490 g/mol. The van der Waals surface area contributed by atoms with Crippen LogP contribution in [0.2, 0.25) is 0 Å². The minimum Gasteiger partial charge on any atom is -0.462 e. The van der Waals surface area contributed by atoms with Crippen molar-refractivity contribution in [2.75, 3.05) is 39.6 Å². The van der Waals surface area contributed by atoms with Gasteiger partial charge in [0.25, 0.3) is 0 Å². The van der Waals surface area contributed by atoms with Gasteiger partial charge in [-0.1, -0.05) is 276 Å². The molecule has 0 radical (unpaired) electrons. The van der Waals surface area contributed by atoms with Crippen molar-refractivity contribution < 1.29 is 80.2 Å². The van der Waals surface area contributed by atoms with Gasteiger partial charge in [-0.2, -0.15) is 0 Å². The predicted molar refractivity (Wildman–Crippen MR) is 427 cm³/mol. The molecule has 104 heavy (non-hydrogen) atoms. The Morgan fingerprint density at radius 2 is 0.538 bits per heavy atom. The zero-order valence-electron chi connectivity index (χ0n) is 64.6. The molecule has 0 aromatic rings. The van der Waals surface area contributed by atoms with Crippen molar-refractivity contribution in [3.05, 3.63) is 158 Å². The molecule has 592 valence electrons. The average molecular weight is 1500 g/mol. The Labute approximate surface area is 629 Å². The van der Waals surface area contributed by atoms with E-state index in [9.17, 15) is 43.2 Å². The fraction of sp³-hybridized carbons (Fsp3) is 0.647. The van der Waals surface area contributed by atoms with E-state index >= 15 is 0 Å². The summed E-state index contributed by atoms with van der Waals surface area (Å²) in [5.74, 6) is -2.32. The number of hydrogen-bond donors (Lipinski definition) is 3. The number of phosphoric acid groups is 2. The summed E-state index contributed by atoms with van der Waals surface area (Å²) in [6.45, 7) is 4.42. The van der Waals surface area contributed by atoms with Crippen molar-refractivity contribution in [1.29, 1.82) is 0 Å². The van der Waals surface area contributed by atoms with Crippen molar-refractivity contribution in [3.8, 4) is 0 Å². The SMILES string of the molecule is CC/C=C\C/C=C\C/C=C\C/C=C\C/C=C\C/C=C\CCC(=O)OCC(COP(=O)(O)OCC(O)COP(=O)(O)OCC(COC(=O)CCCCCCC/C=C\C/C=C\CCCCC)OC(=O)CCCCCCC/C=C\C/C=C\CCC)OC(=O)CCCCCCCCC/C=C\C/C=C\C/C=C\CC. The number of hydrogen-bond acceptors (Lipinski definition) is 15. The van der Waals surface area contributed by atoms with Crippen LogP contribution in [0.15, 0.2) is 158 Å². The molecule has 0 aliphatic carbocycles. The van der Waals surface area contributed by atoms with E-state index in [4.69, 9.17) is 37.0 Å². The van der Waals surface area contributed by atoms with Crippen molar-refractivity contribution in [1.82, 2.24) is 0 Å². The van der Waals surface area contributed by atoms with Crippen LogP contribution >= 0.6 is 15.6 Å². The predicted octanol–water partition coefficient (Wildman–Crippen LogP) is 23.2. The average Bonchev–Trinajstić information content (AvgIpc) is 0.911. The Kier molecular flexibility index (Phi) is 72.0. The van der Waals surface area contributed by atoms with Gasteiger partial charge < -0.3 is 33.8 Å². The lowest BCUT2D eigenvalue weighted by Gasteiger charge is -2.21. The Bertz CT molecular complexity index is 2590. The minimum atomic E-state index is -5.00. The maximum atomic E-state index is 13.1. The second kappa shape index (κ2) is 75.9. The first-order valence-corrected chi connectivity index (χ1v) is 42.7. The largest absolute Gasteiger partial charge is 0.472 e. The van der Waals surface area contributed by atoms with Crippen LogP contribution in [0.4, 0.5) is 0 Å². The molecule has 0 spiro atoms. The van der Waals surface area contributed by atoms with Crippen LogP contribution in [0.1, 0.15) is 297 Å². The van der Waals surface area contributed by atoms with Crippen LogP contribution in [-0.2, 0) is 65.4 Å². The van der Waals surface area contributed by atoms with Gasteiger partial charge in [-0.15, -0.1) is 0 Å². The van der Waals surface area contributed by atoms with Gasteiger partial charge in [-0.05, 0) is 154 Å².